The van der Waals surface area contributed by atoms with E-state index in [0.29, 0.717) is 24.7 Å². The molecule has 3 heterocycles. The summed E-state index contributed by atoms with van der Waals surface area (Å²) in [5, 5.41) is 16.5. The Morgan fingerprint density at radius 2 is 2.03 bits per heavy atom. The SMILES string of the molecule is CC(C)(O)COc1ccc(-c2cc3nccnc3c(NCC3CNCCO3)n2)cc1. The number of anilines is 1. The molecule has 0 radical (unpaired) electrons. The standard InChI is InChI=1S/C22H27N5O3/c1-22(2,28)14-30-16-5-3-15(4-6-16)18-11-19-20(25-8-7-24-19)21(27-18)26-13-17-12-23-9-10-29-17/h3-8,11,17,23,28H,9-10,12-14H2,1-2H3,(H,26,27). The molecule has 0 aliphatic carbocycles. The third-order valence-corrected chi connectivity index (χ3v) is 4.70. The van der Waals surface area contributed by atoms with E-state index in [1.54, 1.807) is 26.2 Å². The maximum Gasteiger partial charge on any atom is 0.154 e. The van der Waals surface area contributed by atoms with Crippen LogP contribution < -0.4 is 15.4 Å². The Kier molecular flexibility index (Phi) is 6.08. The maximum absolute atomic E-state index is 9.82. The second-order valence-electron chi connectivity index (χ2n) is 7.98. The number of hydrogen-bond acceptors (Lipinski definition) is 8. The van der Waals surface area contributed by atoms with Gasteiger partial charge in [-0.25, -0.2) is 9.97 Å². The lowest BCUT2D eigenvalue weighted by Gasteiger charge is -2.24. The van der Waals surface area contributed by atoms with Gasteiger partial charge in [0.1, 0.15) is 17.9 Å². The third kappa shape index (κ3) is 5.21. The Bertz CT molecular complexity index is 982. The average Bonchev–Trinajstić information content (AvgIpc) is 2.76. The van der Waals surface area contributed by atoms with E-state index in [2.05, 4.69) is 20.6 Å². The van der Waals surface area contributed by atoms with Gasteiger partial charge in [0.25, 0.3) is 0 Å². The normalized spacial score (nSPS) is 17.1. The first-order chi connectivity index (χ1) is 14.5. The minimum atomic E-state index is -0.880. The van der Waals surface area contributed by atoms with E-state index in [4.69, 9.17) is 14.5 Å². The van der Waals surface area contributed by atoms with Crippen molar-refractivity contribution < 1.29 is 14.6 Å². The molecular weight excluding hydrogens is 382 g/mol. The molecule has 3 aromatic rings. The quantitative estimate of drug-likeness (QED) is 0.546. The molecule has 1 aliphatic rings. The molecule has 1 aromatic carbocycles. The lowest BCUT2D eigenvalue weighted by molar-refractivity contribution is 0.0285. The Morgan fingerprint density at radius 1 is 1.23 bits per heavy atom. The number of fused-ring (bicyclic) bond motifs is 1. The fourth-order valence-electron chi connectivity index (χ4n) is 3.19. The number of nitrogens with zero attached hydrogens (tertiary/aromatic N) is 3. The number of nitrogens with one attached hydrogen (secondary N) is 2. The Morgan fingerprint density at radius 3 is 2.77 bits per heavy atom. The van der Waals surface area contributed by atoms with Crippen molar-refractivity contribution >= 4 is 16.9 Å². The molecule has 1 fully saturated rings. The van der Waals surface area contributed by atoms with Crippen molar-refractivity contribution in [2.24, 2.45) is 0 Å². The van der Waals surface area contributed by atoms with E-state index in [0.717, 1.165) is 35.4 Å². The van der Waals surface area contributed by atoms with E-state index in [-0.39, 0.29) is 12.7 Å². The zero-order valence-corrected chi connectivity index (χ0v) is 17.3. The van der Waals surface area contributed by atoms with Crippen molar-refractivity contribution in [3.05, 3.63) is 42.7 Å². The first kappa shape index (κ1) is 20.5. The van der Waals surface area contributed by atoms with Crippen LogP contribution in [0.15, 0.2) is 42.7 Å². The molecule has 8 nitrogen and oxygen atoms in total. The summed E-state index contributed by atoms with van der Waals surface area (Å²) in [4.78, 5) is 13.7. The molecule has 158 valence electrons. The van der Waals surface area contributed by atoms with Crippen molar-refractivity contribution in [3.63, 3.8) is 0 Å². The van der Waals surface area contributed by atoms with Crippen LogP contribution in [0.1, 0.15) is 13.8 Å². The maximum atomic E-state index is 9.82. The molecular formula is C22H27N5O3. The van der Waals surface area contributed by atoms with Gasteiger partial charge in [-0.15, -0.1) is 0 Å². The molecule has 4 rings (SSSR count). The predicted octanol–water partition coefficient (Wildman–Crippen LogP) is 2.24. The van der Waals surface area contributed by atoms with Crippen LogP contribution in [0.3, 0.4) is 0 Å². The first-order valence-electron chi connectivity index (χ1n) is 10.1. The number of aromatic nitrogens is 3. The molecule has 1 aliphatic heterocycles. The second-order valence-corrected chi connectivity index (χ2v) is 7.98. The van der Waals surface area contributed by atoms with Gasteiger partial charge in [0, 0.05) is 37.6 Å². The fourth-order valence-corrected chi connectivity index (χ4v) is 3.19. The van der Waals surface area contributed by atoms with Gasteiger partial charge < -0.3 is 25.2 Å². The monoisotopic (exact) mass is 409 g/mol. The van der Waals surface area contributed by atoms with Crippen molar-refractivity contribution in [2.75, 3.05) is 38.2 Å². The molecule has 0 amide bonds. The molecule has 2 aromatic heterocycles. The van der Waals surface area contributed by atoms with Gasteiger partial charge in [-0.05, 0) is 44.2 Å². The summed E-state index contributed by atoms with van der Waals surface area (Å²) in [7, 11) is 0. The largest absolute Gasteiger partial charge is 0.491 e. The molecule has 8 heteroatoms. The van der Waals surface area contributed by atoms with Crippen molar-refractivity contribution in [2.45, 2.75) is 25.6 Å². The molecule has 0 saturated carbocycles. The van der Waals surface area contributed by atoms with Crippen LogP contribution in [0.5, 0.6) is 5.75 Å². The Hall–Kier alpha value is -2.81. The lowest BCUT2D eigenvalue weighted by Crippen LogP contribution is -2.42. The minimum Gasteiger partial charge on any atom is -0.491 e. The highest BCUT2D eigenvalue weighted by Gasteiger charge is 2.16. The molecule has 30 heavy (non-hydrogen) atoms. The van der Waals surface area contributed by atoms with Gasteiger partial charge in [-0.3, -0.25) is 4.98 Å². The zero-order chi connectivity index (χ0) is 21.0. The summed E-state index contributed by atoms with van der Waals surface area (Å²) in [6, 6.07) is 9.57. The number of morpholine rings is 1. The van der Waals surface area contributed by atoms with E-state index in [9.17, 15) is 5.11 Å². The Balaban J connectivity index is 1.56. The highest BCUT2D eigenvalue weighted by atomic mass is 16.5. The molecule has 1 atom stereocenters. The molecule has 1 unspecified atom stereocenters. The highest BCUT2D eigenvalue weighted by molar-refractivity contribution is 5.88. The number of benzene rings is 1. The third-order valence-electron chi connectivity index (χ3n) is 4.70. The van der Waals surface area contributed by atoms with Gasteiger partial charge in [0.05, 0.1) is 29.5 Å². The lowest BCUT2D eigenvalue weighted by atomic mass is 10.1. The summed E-state index contributed by atoms with van der Waals surface area (Å²) < 4.78 is 11.4. The fraction of sp³-hybridized carbons (Fsp3) is 0.409. The smallest absolute Gasteiger partial charge is 0.154 e. The van der Waals surface area contributed by atoms with Crippen LogP contribution in [-0.2, 0) is 4.74 Å². The molecule has 0 spiro atoms. The van der Waals surface area contributed by atoms with Crippen LogP contribution >= 0.6 is 0 Å². The average molecular weight is 409 g/mol. The van der Waals surface area contributed by atoms with Crippen LogP contribution in [0.4, 0.5) is 5.82 Å². The summed E-state index contributed by atoms with van der Waals surface area (Å²) in [6.07, 6.45) is 3.43. The van der Waals surface area contributed by atoms with E-state index < -0.39 is 5.60 Å². The zero-order valence-electron chi connectivity index (χ0n) is 17.3. The highest BCUT2D eigenvalue weighted by Crippen LogP contribution is 2.27. The predicted molar refractivity (Wildman–Crippen MR) is 116 cm³/mol. The van der Waals surface area contributed by atoms with Crippen molar-refractivity contribution in [1.29, 1.82) is 0 Å². The van der Waals surface area contributed by atoms with E-state index >= 15 is 0 Å². The number of hydrogen-bond donors (Lipinski definition) is 3. The van der Waals surface area contributed by atoms with Crippen molar-refractivity contribution in [3.8, 4) is 17.0 Å². The second kappa shape index (κ2) is 8.91. The summed E-state index contributed by atoms with van der Waals surface area (Å²) >= 11 is 0. The number of pyridine rings is 1. The number of aliphatic hydroxyl groups is 1. The molecule has 0 bridgehead atoms. The van der Waals surface area contributed by atoms with Gasteiger partial charge in [0.2, 0.25) is 0 Å². The van der Waals surface area contributed by atoms with E-state index in [1.165, 1.54) is 0 Å². The van der Waals surface area contributed by atoms with Gasteiger partial charge >= 0.3 is 0 Å². The van der Waals surface area contributed by atoms with Crippen LogP contribution in [-0.4, -0.2) is 64.6 Å². The van der Waals surface area contributed by atoms with Crippen molar-refractivity contribution in [1.82, 2.24) is 20.3 Å². The first-order valence-corrected chi connectivity index (χ1v) is 10.1. The van der Waals surface area contributed by atoms with Crippen LogP contribution in [0, 0.1) is 0 Å². The summed E-state index contributed by atoms with van der Waals surface area (Å²) in [6.45, 7) is 6.69. The Labute approximate surface area is 175 Å². The molecule has 1 saturated heterocycles. The minimum absolute atomic E-state index is 0.0862. The van der Waals surface area contributed by atoms with Gasteiger partial charge in [-0.2, -0.15) is 0 Å². The van der Waals surface area contributed by atoms with Gasteiger partial charge in [0.15, 0.2) is 5.82 Å². The molecule has 3 N–H and O–H groups in total. The van der Waals surface area contributed by atoms with E-state index in [1.807, 2.05) is 30.3 Å². The van der Waals surface area contributed by atoms with Gasteiger partial charge in [-0.1, -0.05) is 0 Å². The summed E-state index contributed by atoms with van der Waals surface area (Å²) in [5.41, 5.74) is 2.36. The number of ether oxygens (including phenoxy) is 2. The number of rotatable bonds is 7. The van der Waals surface area contributed by atoms with Crippen LogP contribution in [0.25, 0.3) is 22.3 Å². The van der Waals surface area contributed by atoms with Crippen LogP contribution in [0.2, 0.25) is 0 Å². The summed E-state index contributed by atoms with van der Waals surface area (Å²) in [5.74, 6) is 1.38. The topological polar surface area (TPSA) is 101 Å².